The highest BCUT2D eigenvalue weighted by Crippen LogP contribution is 2.34. The van der Waals surface area contributed by atoms with Crippen molar-refractivity contribution in [2.24, 2.45) is 0 Å². The smallest absolute Gasteiger partial charge is 0.0761 e. The van der Waals surface area contributed by atoms with Crippen molar-refractivity contribution in [3.8, 4) is 0 Å². The fourth-order valence-electron chi connectivity index (χ4n) is 2.21. The van der Waals surface area contributed by atoms with E-state index in [9.17, 15) is 5.11 Å². The molecular weight excluding hydrogens is 210 g/mol. The van der Waals surface area contributed by atoms with Crippen LogP contribution in [0.15, 0.2) is 24.3 Å². The predicted molar refractivity (Wildman–Crippen MR) is 62.0 cm³/mol. The maximum absolute atomic E-state index is 10.1. The summed E-state index contributed by atoms with van der Waals surface area (Å²) in [6.45, 7) is 2.94. The zero-order chi connectivity index (χ0) is 10.9. The van der Waals surface area contributed by atoms with Crippen molar-refractivity contribution in [3.63, 3.8) is 0 Å². The summed E-state index contributed by atoms with van der Waals surface area (Å²) in [7, 11) is 0. The van der Waals surface area contributed by atoms with Crippen LogP contribution in [-0.4, -0.2) is 17.8 Å². The van der Waals surface area contributed by atoms with Crippen molar-refractivity contribution in [1.82, 2.24) is 5.32 Å². The van der Waals surface area contributed by atoms with Crippen LogP contribution >= 0.6 is 11.6 Å². The van der Waals surface area contributed by atoms with E-state index in [-0.39, 0.29) is 6.10 Å². The number of halogens is 1. The van der Waals surface area contributed by atoms with Crippen molar-refractivity contribution in [2.75, 3.05) is 6.54 Å². The molecule has 1 aliphatic rings. The second-order valence-electron chi connectivity index (χ2n) is 4.27. The summed E-state index contributed by atoms with van der Waals surface area (Å²) >= 11 is 6.16. The molecule has 3 heteroatoms. The van der Waals surface area contributed by atoms with E-state index in [0.717, 1.165) is 24.9 Å². The van der Waals surface area contributed by atoms with Gasteiger partial charge < -0.3 is 10.4 Å². The van der Waals surface area contributed by atoms with Gasteiger partial charge in [-0.1, -0.05) is 29.8 Å². The molecule has 0 amide bonds. The van der Waals surface area contributed by atoms with Crippen LogP contribution in [0.2, 0.25) is 5.02 Å². The predicted octanol–water partition coefficient (Wildman–Crippen LogP) is 2.30. The summed E-state index contributed by atoms with van der Waals surface area (Å²) in [6, 6.07) is 7.70. The molecule has 0 radical (unpaired) electrons. The highest BCUT2D eigenvalue weighted by molar-refractivity contribution is 6.31. The van der Waals surface area contributed by atoms with Crippen LogP contribution < -0.4 is 5.32 Å². The van der Waals surface area contributed by atoms with E-state index < -0.39 is 5.54 Å². The summed E-state index contributed by atoms with van der Waals surface area (Å²) < 4.78 is 0. The molecule has 1 aromatic carbocycles. The lowest BCUT2D eigenvalue weighted by Gasteiger charge is -2.40. The molecule has 0 bridgehead atoms. The standard InChI is InChI=1S/C12H16ClNO/c1-12(11(15)7-4-8-14-12)9-5-2-3-6-10(9)13/h2-3,5-6,11,14-15H,4,7-8H2,1H3. The molecule has 15 heavy (non-hydrogen) atoms. The molecule has 1 fully saturated rings. The highest BCUT2D eigenvalue weighted by atomic mass is 35.5. The summed E-state index contributed by atoms with van der Waals surface area (Å²) in [6.07, 6.45) is 1.47. The van der Waals surface area contributed by atoms with Gasteiger partial charge in [0.25, 0.3) is 0 Å². The zero-order valence-corrected chi connectivity index (χ0v) is 9.59. The number of piperidine rings is 1. The molecule has 2 rings (SSSR count). The number of benzene rings is 1. The molecule has 1 aliphatic heterocycles. The van der Waals surface area contributed by atoms with E-state index in [1.54, 1.807) is 0 Å². The number of rotatable bonds is 1. The monoisotopic (exact) mass is 225 g/mol. The minimum atomic E-state index is -0.406. The van der Waals surface area contributed by atoms with Crippen molar-refractivity contribution >= 4 is 11.6 Å². The Bertz CT molecular complexity index is 355. The van der Waals surface area contributed by atoms with Gasteiger partial charge in [-0.15, -0.1) is 0 Å². The third-order valence-electron chi connectivity index (χ3n) is 3.25. The molecule has 2 N–H and O–H groups in total. The quantitative estimate of drug-likeness (QED) is 0.769. The minimum Gasteiger partial charge on any atom is -0.391 e. The molecule has 1 heterocycles. The van der Waals surface area contributed by atoms with E-state index >= 15 is 0 Å². The van der Waals surface area contributed by atoms with Gasteiger partial charge in [-0.05, 0) is 37.9 Å². The largest absolute Gasteiger partial charge is 0.391 e. The third-order valence-corrected chi connectivity index (χ3v) is 3.58. The lowest BCUT2D eigenvalue weighted by atomic mass is 9.81. The Kier molecular flexibility index (Phi) is 3.01. The van der Waals surface area contributed by atoms with E-state index in [2.05, 4.69) is 5.32 Å². The van der Waals surface area contributed by atoms with Crippen LogP contribution in [0.3, 0.4) is 0 Å². The Morgan fingerprint density at radius 1 is 1.47 bits per heavy atom. The zero-order valence-electron chi connectivity index (χ0n) is 8.83. The first-order chi connectivity index (χ1) is 7.14. The second-order valence-corrected chi connectivity index (χ2v) is 4.67. The van der Waals surface area contributed by atoms with Crippen molar-refractivity contribution in [1.29, 1.82) is 0 Å². The number of nitrogens with one attached hydrogen (secondary N) is 1. The Morgan fingerprint density at radius 3 is 2.87 bits per heavy atom. The minimum absolute atomic E-state index is 0.369. The van der Waals surface area contributed by atoms with Gasteiger partial charge >= 0.3 is 0 Å². The molecule has 1 aromatic rings. The molecular formula is C12H16ClNO. The number of hydrogen-bond acceptors (Lipinski definition) is 2. The van der Waals surface area contributed by atoms with Gasteiger partial charge in [0.15, 0.2) is 0 Å². The number of hydrogen-bond donors (Lipinski definition) is 2. The molecule has 2 atom stereocenters. The molecule has 82 valence electrons. The van der Waals surface area contributed by atoms with Gasteiger partial charge in [0.05, 0.1) is 11.6 Å². The van der Waals surface area contributed by atoms with E-state index in [1.165, 1.54) is 0 Å². The van der Waals surface area contributed by atoms with Crippen LogP contribution in [0.5, 0.6) is 0 Å². The number of aliphatic hydroxyl groups is 1. The SMILES string of the molecule is CC1(c2ccccc2Cl)NCCCC1O. The van der Waals surface area contributed by atoms with Gasteiger partial charge in [-0.25, -0.2) is 0 Å². The molecule has 2 unspecified atom stereocenters. The van der Waals surface area contributed by atoms with Gasteiger partial charge in [-0.3, -0.25) is 0 Å². The molecule has 0 aliphatic carbocycles. The van der Waals surface area contributed by atoms with E-state index in [1.807, 2.05) is 31.2 Å². The first kappa shape index (κ1) is 10.9. The van der Waals surface area contributed by atoms with Crippen LogP contribution in [-0.2, 0) is 5.54 Å². The Hall–Kier alpha value is -0.570. The first-order valence-electron chi connectivity index (χ1n) is 5.33. The van der Waals surface area contributed by atoms with Gasteiger partial charge in [-0.2, -0.15) is 0 Å². The molecule has 0 spiro atoms. The van der Waals surface area contributed by atoms with Crippen LogP contribution in [0.4, 0.5) is 0 Å². The normalized spacial score (nSPS) is 31.5. The fraction of sp³-hybridized carbons (Fsp3) is 0.500. The van der Waals surface area contributed by atoms with Gasteiger partial charge in [0, 0.05) is 5.02 Å². The average Bonchev–Trinajstić information content (AvgIpc) is 2.23. The summed E-state index contributed by atoms with van der Waals surface area (Å²) in [5.41, 5.74) is 0.579. The fourth-order valence-corrected chi connectivity index (χ4v) is 2.54. The number of aliphatic hydroxyl groups excluding tert-OH is 1. The lowest BCUT2D eigenvalue weighted by Crippen LogP contribution is -2.53. The van der Waals surface area contributed by atoms with Gasteiger partial charge in [0.2, 0.25) is 0 Å². The Balaban J connectivity index is 2.39. The molecule has 2 nitrogen and oxygen atoms in total. The van der Waals surface area contributed by atoms with Crippen molar-refractivity contribution < 1.29 is 5.11 Å². The topological polar surface area (TPSA) is 32.3 Å². The van der Waals surface area contributed by atoms with Crippen LogP contribution in [0, 0.1) is 0 Å². The lowest BCUT2D eigenvalue weighted by molar-refractivity contribution is 0.0385. The van der Waals surface area contributed by atoms with Crippen molar-refractivity contribution in [2.45, 2.75) is 31.4 Å². The molecule has 0 saturated carbocycles. The molecule has 1 saturated heterocycles. The van der Waals surface area contributed by atoms with Gasteiger partial charge in [0.1, 0.15) is 0 Å². The average molecular weight is 226 g/mol. The third kappa shape index (κ3) is 1.89. The van der Waals surface area contributed by atoms with E-state index in [4.69, 9.17) is 11.6 Å². The second kappa shape index (κ2) is 4.12. The summed E-state index contributed by atoms with van der Waals surface area (Å²) in [4.78, 5) is 0. The van der Waals surface area contributed by atoms with E-state index in [0.29, 0.717) is 5.02 Å². The van der Waals surface area contributed by atoms with Crippen LogP contribution in [0.1, 0.15) is 25.3 Å². The Morgan fingerprint density at radius 2 is 2.20 bits per heavy atom. The van der Waals surface area contributed by atoms with Crippen molar-refractivity contribution in [3.05, 3.63) is 34.9 Å². The maximum atomic E-state index is 10.1. The molecule has 0 aromatic heterocycles. The summed E-state index contributed by atoms with van der Waals surface area (Å²) in [5, 5.41) is 14.2. The maximum Gasteiger partial charge on any atom is 0.0761 e. The highest BCUT2D eigenvalue weighted by Gasteiger charge is 2.37. The Labute approximate surface area is 95.3 Å². The van der Waals surface area contributed by atoms with Crippen LogP contribution in [0.25, 0.3) is 0 Å². The first-order valence-corrected chi connectivity index (χ1v) is 5.70. The summed E-state index contributed by atoms with van der Waals surface area (Å²) in [5.74, 6) is 0.